The zero-order chi connectivity index (χ0) is 10.6. The van der Waals surface area contributed by atoms with E-state index in [0.29, 0.717) is 12.5 Å². The molecule has 1 fully saturated rings. The first-order valence-electron chi connectivity index (χ1n) is 5.54. The Hall–Kier alpha value is -0.570. The quantitative estimate of drug-likeness (QED) is 0.545. The molecular weight excluding hydrogens is 178 g/mol. The highest BCUT2D eigenvalue weighted by molar-refractivity contribution is 5.80. The third-order valence-corrected chi connectivity index (χ3v) is 3.09. The van der Waals surface area contributed by atoms with Crippen molar-refractivity contribution in [1.29, 1.82) is 0 Å². The molecule has 2 N–H and O–H groups in total. The van der Waals surface area contributed by atoms with Crippen molar-refractivity contribution in [2.45, 2.75) is 51.5 Å². The Morgan fingerprint density at radius 3 is 2.86 bits per heavy atom. The smallest absolute Gasteiger partial charge is 0.326 e. The molecule has 0 amide bonds. The number of rotatable bonds is 2. The van der Waals surface area contributed by atoms with Crippen LogP contribution in [-0.4, -0.2) is 18.1 Å². The molecule has 3 heteroatoms. The van der Waals surface area contributed by atoms with E-state index in [2.05, 4.69) is 6.92 Å². The Balaban J connectivity index is 2.58. The Bertz CT molecular complexity index is 205. The van der Waals surface area contributed by atoms with Crippen LogP contribution in [0.3, 0.4) is 0 Å². The van der Waals surface area contributed by atoms with Gasteiger partial charge in [-0.05, 0) is 32.1 Å². The molecule has 0 saturated heterocycles. The molecule has 0 spiro atoms. The zero-order valence-electron chi connectivity index (χ0n) is 9.21. The first-order valence-corrected chi connectivity index (χ1v) is 5.54. The summed E-state index contributed by atoms with van der Waals surface area (Å²) in [5.41, 5.74) is 5.37. The number of nitrogens with two attached hydrogens (primary N) is 1. The van der Waals surface area contributed by atoms with Gasteiger partial charge >= 0.3 is 5.97 Å². The van der Waals surface area contributed by atoms with E-state index in [-0.39, 0.29) is 5.97 Å². The van der Waals surface area contributed by atoms with Crippen LogP contribution in [0.1, 0.15) is 46.0 Å². The maximum atomic E-state index is 11.6. The lowest BCUT2D eigenvalue weighted by atomic mass is 9.91. The highest BCUT2D eigenvalue weighted by atomic mass is 16.5. The van der Waals surface area contributed by atoms with Crippen LogP contribution in [0.25, 0.3) is 0 Å². The lowest BCUT2D eigenvalue weighted by molar-refractivity contribution is -0.150. The van der Waals surface area contributed by atoms with Crippen molar-refractivity contribution in [2.24, 2.45) is 11.7 Å². The predicted molar refractivity (Wildman–Crippen MR) is 55.8 cm³/mol. The monoisotopic (exact) mass is 199 g/mol. The van der Waals surface area contributed by atoms with E-state index in [1.165, 1.54) is 6.42 Å². The minimum absolute atomic E-state index is 0.214. The van der Waals surface area contributed by atoms with Crippen LogP contribution in [0.2, 0.25) is 0 Å². The van der Waals surface area contributed by atoms with Crippen molar-refractivity contribution in [2.75, 3.05) is 6.61 Å². The topological polar surface area (TPSA) is 52.3 Å². The molecule has 82 valence electrons. The van der Waals surface area contributed by atoms with Gasteiger partial charge in [-0.2, -0.15) is 0 Å². The molecule has 0 heterocycles. The largest absolute Gasteiger partial charge is 0.465 e. The van der Waals surface area contributed by atoms with Gasteiger partial charge in [0.1, 0.15) is 5.54 Å². The highest BCUT2D eigenvalue weighted by Gasteiger charge is 2.36. The minimum atomic E-state index is -0.708. The van der Waals surface area contributed by atoms with Crippen LogP contribution in [0.4, 0.5) is 0 Å². The third-order valence-electron chi connectivity index (χ3n) is 3.09. The summed E-state index contributed by atoms with van der Waals surface area (Å²) >= 11 is 0. The van der Waals surface area contributed by atoms with Crippen molar-refractivity contribution in [3.8, 4) is 0 Å². The maximum absolute atomic E-state index is 11.6. The Kier molecular flexibility index (Phi) is 3.93. The minimum Gasteiger partial charge on any atom is -0.465 e. The molecule has 1 saturated carbocycles. The molecule has 1 aliphatic carbocycles. The molecule has 2 atom stereocenters. The SMILES string of the molecule is CCOC(=O)C1(N)CCCC(C)CC1. The summed E-state index contributed by atoms with van der Waals surface area (Å²) in [5.74, 6) is 0.476. The van der Waals surface area contributed by atoms with Crippen molar-refractivity contribution in [3.05, 3.63) is 0 Å². The van der Waals surface area contributed by atoms with Gasteiger partial charge in [0.15, 0.2) is 0 Å². The summed E-state index contributed by atoms with van der Waals surface area (Å²) in [6.07, 6.45) is 4.80. The van der Waals surface area contributed by atoms with Gasteiger partial charge in [0, 0.05) is 0 Å². The van der Waals surface area contributed by atoms with Crippen LogP contribution in [0.5, 0.6) is 0 Å². The Labute approximate surface area is 86.0 Å². The zero-order valence-corrected chi connectivity index (χ0v) is 9.21. The summed E-state index contributed by atoms with van der Waals surface area (Å²) in [6, 6.07) is 0. The molecule has 14 heavy (non-hydrogen) atoms. The fourth-order valence-corrected chi connectivity index (χ4v) is 2.02. The fourth-order valence-electron chi connectivity index (χ4n) is 2.02. The highest BCUT2D eigenvalue weighted by Crippen LogP contribution is 2.29. The van der Waals surface area contributed by atoms with Gasteiger partial charge in [-0.1, -0.05) is 19.8 Å². The van der Waals surface area contributed by atoms with Gasteiger partial charge in [0.05, 0.1) is 6.61 Å². The Morgan fingerprint density at radius 2 is 2.21 bits per heavy atom. The molecular formula is C11H21NO2. The average Bonchev–Trinajstić information content (AvgIpc) is 2.30. The van der Waals surface area contributed by atoms with Gasteiger partial charge in [-0.3, -0.25) is 4.79 Å². The summed E-state index contributed by atoms with van der Waals surface area (Å²) in [5, 5.41) is 0. The first-order chi connectivity index (χ1) is 6.58. The number of ether oxygens (including phenoxy) is 1. The van der Waals surface area contributed by atoms with Gasteiger partial charge in [0.25, 0.3) is 0 Å². The number of hydrogen-bond acceptors (Lipinski definition) is 3. The van der Waals surface area contributed by atoms with Crippen LogP contribution in [0.15, 0.2) is 0 Å². The molecule has 0 aromatic rings. The van der Waals surface area contributed by atoms with E-state index in [1.54, 1.807) is 0 Å². The molecule has 0 aromatic heterocycles. The lowest BCUT2D eigenvalue weighted by Crippen LogP contribution is -2.48. The molecule has 2 unspecified atom stereocenters. The number of carbonyl (C=O) groups excluding carboxylic acids is 1. The molecule has 3 nitrogen and oxygen atoms in total. The third kappa shape index (κ3) is 2.71. The van der Waals surface area contributed by atoms with Crippen molar-refractivity contribution in [1.82, 2.24) is 0 Å². The van der Waals surface area contributed by atoms with E-state index in [9.17, 15) is 4.79 Å². The van der Waals surface area contributed by atoms with Gasteiger partial charge < -0.3 is 10.5 Å². The van der Waals surface area contributed by atoms with Crippen LogP contribution >= 0.6 is 0 Å². The van der Waals surface area contributed by atoms with E-state index in [4.69, 9.17) is 10.5 Å². The summed E-state index contributed by atoms with van der Waals surface area (Å²) in [7, 11) is 0. The summed E-state index contributed by atoms with van der Waals surface area (Å²) < 4.78 is 5.01. The Morgan fingerprint density at radius 1 is 1.50 bits per heavy atom. The molecule has 1 rings (SSSR count). The van der Waals surface area contributed by atoms with Gasteiger partial charge in [0.2, 0.25) is 0 Å². The second-order valence-electron chi connectivity index (χ2n) is 4.41. The van der Waals surface area contributed by atoms with Crippen LogP contribution < -0.4 is 5.73 Å². The van der Waals surface area contributed by atoms with Crippen molar-refractivity contribution < 1.29 is 9.53 Å². The number of hydrogen-bond donors (Lipinski definition) is 1. The summed E-state index contributed by atoms with van der Waals surface area (Å²) in [4.78, 5) is 11.6. The normalized spacial score (nSPS) is 33.5. The second-order valence-corrected chi connectivity index (χ2v) is 4.41. The fraction of sp³-hybridized carbons (Fsp3) is 0.909. The maximum Gasteiger partial charge on any atom is 0.326 e. The lowest BCUT2D eigenvalue weighted by Gasteiger charge is -2.25. The first kappa shape index (κ1) is 11.5. The molecule has 0 radical (unpaired) electrons. The van der Waals surface area contributed by atoms with E-state index in [1.807, 2.05) is 6.92 Å². The van der Waals surface area contributed by atoms with Gasteiger partial charge in [-0.15, -0.1) is 0 Å². The van der Waals surface area contributed by atoms with Gasteiger partial charge in [-0.25, -0.2) is 0 Å². The van der Waals surface area contributed by atoms with Crippen LogP contribution in [0, 0.1) is 5.92 Å². The molecule has 0 aliphatic heterocycles. The van der Waals surface area contributed by atoms with Crippen LogP contribution in [-0.2, 0) is 9.53 Å². The van der Waals surface area contributed by atoms with Crippen molar-refractivity contribution >= 4 is 5.97 Å². The van der Waals surface area contributed by atoms with E-state index in [0.717, 1.165) is 25.7 Å². The number of esters is 1. The summed E-state index contributed by atoms with van der Waals surface area (Å²) in [6.45, 7) is 4.46. The molecule has 0 aromatic carbocycles. The average molecular weight is 199 g/mol. The number of carbonyl (C=O) groups is 1. The predicted octanol–water partition coefficient (Wildman–Crippen LogP) is 1.85. The second kappa shape index (κ2) is 4.78. The molecule has 0 bridgehead atoms. The van der Waals surface area contributed by atoms with E-state index < -0.39 is 5.54 Å². The standard InChI is InChI=1S/C11H21NO2/c1-3-14-10(13)11(12)7-4-5-9(2)6-8-11/h9H,3-8,12H2,1-2H3. The molecule has 1 aliphatic rings. The van der Waals surface area contributed by atoms with E-state index >= 15 is 0 Å². The van der Waals surface area contributed by atoms with Crippen molar-refractivity contribution in [3.63, 3.8) is 0 Å².